The molecule has 0 atom stereocenters. The van der Waals surface area contributed by atoms with E-state index >= 15 is 0 Å². The van der Waals surface area contributed by atoms with Crippen LogP contribution in [0.25, 0.3) is 81.7 Å². The third kappa shape index (κ3) is 4.89. The van der Waals surface area contributed by atoms with Crippen LogP contribution in [0.4, 0.5) is 0 Å². The summed E-state index contributed by atoms with van der Waals surface area (Å²) in [6, 6.07) is 57.7. The summed E-state index contributed by atoms with van der Waals surface area (Å²) in [6.45, 7) is 4.40. The van der Waals surface area contributed by atoms with Gasteiger partial charge in [-0.3, -0.25) is 0 Å². The minimum absolute atomic E-state index is 1.16. The van der Waals surface area contributed by atoms with Gasteiger partial charge in [0.25, 0.3) is 5.82 Å². The molecule has 234 valence electrons. The lowest BCUT2D eigenvalue weighted by atomic mass is 9.95. The van der Waals surface area contributed by atoms with Crippen molar-refractivity contribution in [2.75, 3.05) is 0 Å². The summed E-state index contributed by atoms with van der Waals surface area (Å²) < 4.78 is 7.52. The van der Waals surface area contributed by atoms with E-state index in [0.29, 0.717) is 0 Å². The molecule has 0 unspecified atom stereocenters. The number of imidazole rings is 1. The highest BCUT2D eigenvalue weighted by atomic mass is 32.1. The van der Waals surface area contributed by atoms with E-state index in [-0.39, 0.29) is 0 Å². The summed E-state index contributed by atoms with van der Waals surface area (Å²) in [6.07, 6.45) is 0. The summed E-state index contributed by atoms with van der Waals surface area (Å²) in [5, 5.41) is 2.60. The predicted octanol–water partition coefficient (Wildman–Crippen LogP) is 12.1. The third-order valence-corrected chi connectivity index (χ3v) is 11.0. The van der Waals surface area contributed by atoms with Crippen LogP contribution in [0.1, 0.15) is 11.1 Å². The van der Waals surface area contributed by atoms with Crippen molar-refractivity contribution < 1.29 is 4.57 Å². The van der Waals surface area contributed by atoms with Gasteiger partial charge in [-0.1, -0.05) is 133 Å². The van der Waals surface area contributed by atoms with Gasteiger partial charge in [0.2, 0.25) is 0 Å². The Hall–Kier alpha value is -5.77. The molecule has 0 aliphatic carbocycles. The molecular formula is C46H35N2S+. The van der Waals surface area contributed by atoms with Gasteiger partial charge in [-0.25, -0.2) is 4.57 Å². The molecule has 7 aromatic carbocycles. The molecule has 2 nitrogen and oxygen atoms in total. The van der Waals surface area contributed by atoms with Crippen LogP contribution in [0.5, 0.6) is 0 Å². The molecule has 49 heavy (non-hydrogen) atoms. The summed E-state index contributed by atoms with van der Waals surface area (Å²) >= 11 is 1.89. The maximum Gasteiger partial charge on any atom is 0.295 e. The van der Waals surface area contributed by atoms with E-state index in [2.05, 4.69) is 188 Å². The molecule has 0 radical (unpaired) electrons. The van der Waals surface area contributed by atoms with Crippen LogP contribution in [0, 0.1) is 13.8 Å². The van der Waals surface area contributed by atoms with E-state index in [4.69, 9.17) is 0 Å². The number of para-hydroxylation sites is 3. The van der Waals surface area contributed by atoms with Gasteiger partial charge < -0.3 is 0 Å². The summed E-state index contributed by atoms with van der Waals surface area (Å²) in [5.41, 5.74) is 14.6. The Balaban J connectivity index is 1.34. The van der Waals surface area contributed by atoms with Gasteiger partial charge in [0.05, 0.1) is 12.6 Å². The highest BCUT2D eigenvalue weighted by molar-refractivity contribution is 7.25. The van der Waals surface area contributed by atoms with Crippen LogP contribution >= 0.6 is 11.3 Å². The third-order valence-electron chi connectivity index (χ3n) is 9.89. The lowest BCUT2D eigenvalue weighted by molar-refractivity contribution is -0.633. The molecule has 0 fully saturated rings. The monoisotopic (exact) mass is 647 g/mol. The minimum Gasteiger partial charge on any atom is -0.225 e. The molecule has 9 aromatic rings. The van der Waals surface area contributed by atoms with Crippen molar-refractivity contribution >= 4 is 42.5 Å². The summed E-state index contributed by atoms with van der Waals surface area (Å²) in [7, 11) is 2.21. The van der Waals surface area contributed by atoms with E-state index in [9.17, 15) is 0 Å². The molecule has 2 heterocycles. The van der Waals surface area contributed by atoms with Gasteiger partial charge in [0.15, 0.2) is 11.0 Å². The van der Waals surface area contributed by atoms with Crippen LogP contribution in [0.3, 0.4) is 0 Å². The van der Waals surface area contributed by atoms with E-state index in [1.165, 1.54) is 87.0 Å². The van der Waals surface area contributed by atoms with Crippen molar-refractivity contribution in [3.05, 3.63) is 169 Å². The number of aryl methyl sites for hydroxylation is 3. The minimum atomic E-state index is 1.16. The Morgan fingerprint density at radius 1 is 0.490 bits per heavy atom. The standard InChI is InChI=1S/C46H35N2S/c1-30-21-23-32(24-22-30)35-25-26-38-40-29-39(31(2)27-43(40)49-44(38)28-35)46-47(3)41-19-10-11-20-42(41)48(46)45-36(33-13-6-4-7-14-33)17-12-18-37(45)34-15-8-5-9-16-34/h4-29H,1-3H3/q+1. The smallest absolute Gasteiger partial charge is 0.225 e. The van der Waals surface area contributed by atoms with E-state index in [1.54, 1.807) is 0 Å². The first-order chi connectivity index (χ1) is 24.0. The number of aromatic nitrogens is 2. The molecule has 9 rings (SSSR count). The zero-order valence-corrected chi connectivity index (χ0v) is 28.6. The fourth-order valence-corrected chi connectivity index (χ4v) is 8.64. The average molecular weight is 648 g/mol. The van der Waals surface area contributed by atoms with Gasteiger partial charge in [-0.15, -0.1) is 11.3 Å². The van der Waals surface area contributed by atoms with Crippen molar-refractivity contribution in [3.8, 4) is 50.5 Å². The number of fused-ring (bicyclic) bond motifs is 4. The quantitative estimate of drug-likeness (QED) is 0.164. The average Bonchev–Trinajstić information content (AvgIpc) is 3.65. The molecule has 0 spiro atoms. The predicted molar refractivity (Wildman–Crippen MR) is 209 cm³/mol. The maximum absolute atomic E-state index is 2.51. The van der Waals surface area contributed by atoms with Crippen molar-refractivity contribution in [3.63, 3.8) is 0 Å². The first-order valence-electron chi connectivity index (χ1n) is 16.8. The van der Waals surface area contributed by atoms with Crippen LogP contribution in [0.15, 0.2) is 158 Å². The van der Waals surface area contributed by atoms with Crippen molar-refractivity contribution in [2.45, 2.75) is 13.8 Å². The van der Waals surface area contributed by atoms with Crippen molar-refractivity contribution in [1.29, 1.82) is 0 Å². The highest BCUT2D eigenvalue weighted by Gasteiger charge is 2.31. The Bertz CT molecular complexity index is 2600. The molecule has 0 amide bonds. The molecule has 0 aliphatic rings. The Kier molecular flexibility index (Phi) is 7.03. The lowest BCUT2D eigenvalue weighted by Gasteiger charge is -2.15. The highest BCUT2D eigenvalue weighted by Crippen LogP contribution is 2.43. The molecule has 3 heteroatoms. The summed E-state index contributed by atoms with van der Waals surface area (Å²) in [5.74, 6) is 1.16. The topological polar surface area (TPSA) is 8.81 Å². The zero-order chi connectivity index (χ0) is 33.1. The number of thiophene rings is 1. The lowest BCUT2D eigenvalue weighted by Crippen LogP contribution is -2.30. The van der Waals surface area contributed by atoms with Crippen LogP contribution in [0.2, 0.25) is 0 Å². The fraction of sp³-hybridized carbons (Fsp3) is 0.0652. The molecule has 0 N–H and O–H groups in total. The van der Waals surface area contributed by atoms with Gasteiger partial charge in [0.1, 0.15) is 5.69 Å². The van der Waals surface area contributed by atoms with Gasteiger partial charge >= 0.3 is 0 Å². The largest absolute Gasteiger partial charge is 0.295 e. The van der Waals surface area contributed by atoms with Crippen LogP contribution in [-0.2, 0) is 7.05 Å². The number of benzene rings is 7. The second-order valence-corrected chi connectivity index (χ2v) is 14.1. The van der Waals surface area contributed by atoms with Gasteiger partial charge in [-0.05, 0) is 72.0 Å². The zero-order valence-electron chi connectivity index (χ0n) is 27.8. The van der Waals surface area contributed by atoms with Crippen LogP contribution in [-0.4, -0.2) is 4.57 Å². The Morgan fingerprint density at radius 2 is 1.10 bits per heavy atom. The second kappa shape index (κ2) is 11.7. The van der Waals surface area contributed by atoms with Crippen LogP contribution < -0.4 is 4.57 Å². The molecule has 2 aromatic heterocycles. The van der Waals surface area contributed by atoms with Gasteiger partial charge in [0, 0.05) is 31.3 Å². The van der Waals surface area contributed by atoms with E-state index in [0.717, 1.165) is 5.82 Å². The molecule has 0 bridgehead atoms. The number of nitrogens with zero attached hydrogens (tertiary/aromatic N) is 2. The number of rotatable bonds is 5. The molecular weight excluding hydrogens is 613 g/mol. The molecule has 0 saturated carbocycles. The van der Waals surface area contributed by atoms with Crippen molar-refractivity contribution in [1.82, 2.24) is 4.57 Å². The maximum atomic E-state index is 2.51. The molecule has 0 aliphatic heterocycles. The van der Waals surface area contributed by atoms with Gasteiger partial charge in [-0.2, -0.15) is 4.57 Å². The number of hydrogen-bond donors (Lipinski definition) is 0. The molecule has 0 saturated heterocycles. The second-order valence-electron chi connectivity index (χ2n) is 13.0. The number of hydrogen-bond acceptors (Lipinski definition) is 1. The Labute approximate surface area is 290 Å². The first-order valence-corrected chi connectivity index (χ1v) is 17.6. The van der Waals surface area contributed by atoms with E-state index in [1.807, 2.05) is 11.3 Å². The normalized spacial score (nSPS) is 11.6. The van der Waals surface area contributed by atoms with Crippen molar-refractivity contribution in [2.24, 2.45) is 7.05 Å². The summed E-state index contributed by atoms with van der Waals surface area (Å²) in [4.78, 5) is 0. The first kappa shape index (κ1) is 29.4. The fourth-order valence-electron chi connectivity index (χ4n) is 7.42. The SMILES string of the molecule is Cc1ccc(-c2ccc3c(c2)sc2cc(C)c(-c4n(-c5c(-c6ccccc6)cccc5-c5ccccc5)c5ccccc5[n+]4C)cc23)cc1. The Morgan fingerprint density at radius 3 is 1.80 bits per heavy atom. The van der Waals surface area contributed by atoms with E-state index < -0.39 is 0 Å².